The van der Waals surface area contributed by atoms with Crippen LogP contribution in [0.15, 0.2) is 36.1 Å². The third-order valence-electron chi connectivity index (χ3n) is 3.89. The van der Waals surface area contributed by atoms with Gasteiger partial charge in [-0.2, -0.15) is 0 Å². The zero-order chi connectivity index (χ0) is 21.4. The molecule has 0 saturated carbocycles. The number of esters is 1. The number of carbonyl (C=O) groups excluding carboxylic acids is 1. The van der Waals surface area contributed by atoms with E-state index in [4.69, 9.17) is 20.1 Å². The zero-order valence-corrected chi connectivity index (χ0v) is 16.8. The van der Waals surface area contributed by atoms with E-state index < -0.39 is 12.1 Å². The quantitative estimate of drug-likeness (QED) is 0.299. The Morgan fingerprint density at radius 2 is 1.82 bits per heavy atom. The van der Waals surface area contributed by atoms with E-state index in [1.807, 2.05) is 37.3 Å². The molecule has 1 rings (SSSR count). The second-order valence-electron chi connectivity index (χ2n) is 6.14. The van der Waals surface area contributed by atoms with E-state index in [1.165, 1.54) is 13.2 Å². The van der Waals surface area contributed by atoms with Gasteiger partial charge in [-0.15, -0.1) is 0 Å². The van der Waals surface area contributed by atoms with E-state index in [2.05, 4.69) is 11.7 Å². The van der Waals surface area contributed by atoms with E-state index in [-0.39, 0.29) is 30.9 Å². The van der Waals surface area contributed by atoms with Crippen LogP contribution in [-0.2, 0) is 19.1 Å². The normalized spacial score (nSPS) is 13.0. The summed E-state index contributed by atoms with van der Waals surface area (Å²) in [6.45, 7) is 3.54. The molecule has 1 aromatic rings. The molecule has 0 bridgehead atoms. The molecule has 0 heterocycles. The second-order valence-corrected chi connectivity index (χ2v) is 6.14. The highest BCUT2D eigenvalue weighted by atomic mass is 16.5. The summed E-state index contributed by atoms with van der Waals surface area (Å²) in [5.74, 6) is -1.47. The molecule has 0 spiro atoms. The van der Waals surface area contributed by atoms with Gasteiger partial charge in [0.05, 0.1) is 19.6 Å². The third-order valence-corrected chi connectivity index (χ3v) is 3.89. The summed E-state index contributed by atoms with van der Waals surface area (Å²) in [4.78, 5) is 22.0. The largest absolute Gasteiger partial charge is 0.490 e. The van der Waals surface area contributed by atoms with E-state index in [1.54, 1.807) is 0 Å². The van der Waals surface area contributed by atoms with E-state index in [0.29, 0.717) is 0 Å². The van der Waals surface area contributed by atoms with Crippen LogP contribution in [-0.4, -0.2) is 53.7 Å². The standard InChI is InChI=1S/C11H22O4.C10H10O3/c1-3-5-6-9(4-2)11(14)15-8-10(13)7-12;1-13-9(10(11)12)7-8-5-3-2-4-6-8/h9-10,12-13H,3-8H2,1-2H3;2-7H,1H3,(H,11,12). The van der Waals surface area contributed by atoms with Crippen LogP contribution in [0.1, 0.15) is 45.1 Å². The molecule has 0 fully saturated rings. The molecular weight excluding hydrogens is 364 g/mol. The average molecular weight is 396 g/mol. The lowest BCUT2D eigenvalue weighted by Crippen LogP contribution is -2.25. The molecule has 0 saturated heterocycles. The lowest BCUT2D eigenvalue weighted by molar-refractivity contribution is -0.152. The molecule has 2 atom stereocenters. The van der Waals surface area contributed by atoms with Crippen molar-refractivity contribution in [1.29, 1.82) is 0 Å². The molecule has 0 aliphatic carbocycles. The number of ether oxygens (including phenoxy) is 2. The molecule has 0 aliphatic rings. The van der Waals surface area contributed by atoms with Gasteiger partial charge in [0.1, 0.15) is 12.7 Å². The monoisotopic (exact) mass is 396 g/mol. The number of aliphatic hydroxyl groups excluding tert-OH is 2. The smallest absolute Gasteiger partial charge is 0.371 e. The highest BCUT2D eigenvalue weighted by molar-refractivity contribution is 5.89. The van der Waals surface area contributed by atoms with Crippen molar-refractivity contribution < 1.29 is 34.4 Å². The van der Waals surface area contributed by atoms with Crippen molar-refractivity contribution >= 4 is 18.0 Å². The molecule has 0 amide bonds. The maximum Gasteiger partial charge on any atom is 0.371 e. The van der Waals surface area contributed by atoms with Gasteiger partial charge in [0.2, 0.25) is 5.76 Å². The lowest BCUT2D eigenvalue weighted by Gasteiger charge is -2.15. The van der Waals surface area contributed by atoms with Crippen LogP contribution in [0.4, 0.5) is 0 Å². The molecule has 7 heteroatoms. The fourth-order valence-corrected chi connectivity index (χ4v) is 2.20. The number of carboxylic acid groups (broad SMARTS) is 1. The van der Waals surface area contributed by atoms with Crippen molar-refractivity contribution in [3.63, 3.8) is 0 Å². The lowest BCUT2D eigenvalue weighted by atomic mass is 10.00. The van der Waals surface area contributed by atoms with Crippen LogP contribution in [0, 0.1) is 5.92 Å². The molecule has 0 radical (unpaired) electrons. The second kappa shape index (κ2) is 15.7. The predicted molar refractivity (Wildman–Crippen MR) is 106 cm³/mol. The summed E-state index contributed by atoms with van der Waals surface area (Å²) in [6, 6.07) is 9.15. The summed E-state index contributed by atoms with van der Waals surface area (Å²) in [5, 5.41) is 26.2. The van der Waals surface area contributed by atoms with Crippen LogP contribution in [0.3, 0.4) is 0 Å². The molecule has 158 valence electrons. The van der Waals surface area contributed by atoms with Gasteiger partial charge < -0.3 is 24.8 Å². The van der Waals surface area contributed by atoms with Gasteiger partial charge in [-0.05, 0) is 24.5 Å². The topological polar surface area (TPSA) is 113 Å². The summed E-state index contributed by atoms with van der Waals surface area (Å²) < 4.78 is 9.57. The summed E-state index contributed by atoms with van der Waals surface area (Å²) in [5.41, 5.74) is 0.807. The first-order chi connectivity index (χ1) is 13.4. The van der Waals surface area contributed by atoms with Crippen molar-refractivity contribution in [3.05, 3.63) is 41.7 Å². The highest BCUT2D eigenvalue weighted by Crippen LogP contribution is 2.14. The fourth-order valence-electron chi connectivity index (χ4n) is 2.20. The first-order valence-corrected chi connectivity index (χ1v) is 9.39. The van der Waals surface area contributed by atoms with Crippen molar-refractivity contribution in [2.75, 3.05) is 20.3 Å². The predicted octanol–water partition coefficient (Wildman–Crippen LogP) is 2.86. The van der Waals surface area contributed by atoms with Crippen LogP contribution < -0.4 is 0 Å². The van der Waals surface area contributed by atoms with Crippen molar-refractivity contribution in [2.24, 2.45) is 5.92 Å². The number of unbranched alkanes of at least 4 members (excludes halogenated alkanes) is 1. The molecule has 0 aromatic heterocycles. The number of carbonyl (C=O) groups is 2. The van der Waals surface area contributed by atoms with Gasteiger partial charge in [0, 0.05) is 0 Å². The van der Waals surface area contributed by atoms with Gasteiger partial charge in [-0.3, -0.25) is 4.79 Å². The van der Waals surface area contributed by atoms with Gasteiger partial charge in [-0.1, -0.05) is 57.0 Å². The van der Waals surface area contributed by atoms with Crippen LogP contribution in [0.5, 0.6) is 0 Å². The highest BCUT2D eigenvalue weighted by Gasteiger charge is 2.18. The SMILES string of the molecule is CCCCC(CC)C(=O)OCC(O)CO.COC(=Cc1ccccc1)C(=O)O. The molecule has 2 unspecified atom stereocenters. The molecule has 7 nitrogen and oxygen atoms in total. The summed E-state index contributed by atoms with van der Waals surface area (Å²) >= 11 is 0. The number of carboxylic acids is 1. The Morgan fingerprint density at radius 1 is 1.18 bits per heavy atom. The van der Waals surface area contributed by atoms with Crippen LogP contribution >= 0.6 is 0 Å². The van der Waals surface area contributed by atoms with E-state index in [0.717, 1.165) is 31.2 Å². The van der Waals surface area contributed by atoms with Gasteiger partial charge in [-0.25, -0.2) is 4.79 Å². The average Bonchev–Trinajstić information content (AvgIpc) is 2.71. The Balaban J connectivity index is 0.000000525. The van der Waals surface area contributed by atoms with Crippen LogP contribution in [0.2, 0.25) is 0 Å². The fraction of sp³-hybridized carbons (Fsp3) is 0.524. The number of hydrogen-bond donors (Lipinski definition) is 3. The Hall–Kier alpha value is -2.38. The molecule has 3 N–H and O–H groups in total. The Kier molecular flexibility index (Phi) is 14.3. The van der Waals surface area contributed by atoms with E-state index in [9.17, 15) is 9.59 Å². The van der Waals surface area contributed by atoms with E-state index >= 15 is 0 Å². The number of aliphatic carboxylic acids is 1. The Labute approximate surface area is 166 Å². The van der Waals surface area contributed by atoms with Crippen molar-refractivity contribution in [1.82, 2.24) is 0 Å². The number of benzene rings is 1. The minimum absolute atomic E-state index is 0.0637. The zero-order valence-electron chi connectivity index (χ0n) is 16.8. The summed E-state index contributed by atoms with van der Waals surface area (Å²) in [6.07, 6.45) is 4.18. The third kappa shape index (κ3) is 11.4. The summed E-state index contributed by atoms with van der Waals surface area (Å²) in [7, 11) is 1.34. The Bertz CT molecular complexity index is 584. The maximum atomic E-state index is 11.5. The number of rotatable bonds is 11. The van der Waals surface area contributed by atoms with Gasteiger partial charge >= 0.3 is 11.9 Å². The van der Waals surface area contributed by atoms with Gasteiger partial charge in [0.15, 0.2) is 0 Å². The minimum atomic E-state index is -1.06. The Morgan fingerprint density at radius 3 is 2.29 bits per heavy atom. The van der Waals surface area contributed by atoms with Crippen molar-refractivity contribution in [3.8, 4) is 0 Å². The molecular formula is C21H32O7. The van der Waals surface area contributed by atoms with Crippen LogP contribution in [0.25, 0.3) is 6.08 Å². The number of methoxy groups -OCH3 is 1. The van der Waals surface area contributed by atoms with Crippen molar-refractivity contribution in [2.45, 2.75) is 45.6 Å². The maximum absolute atomic E-state index is 11.5. The minimum Gasteiger partial charge on any atom is -0.490 e. The molecule has 1 aromatic carbocycles. The number of aliphatic hydroxyl groups is 2. The first kappa shape index (κ1) is 25.6. The molecule has 28 heavy (non-hydrogen) atoms. The number of hydrogen-bond acceptors (Lipinski definition) is 6. The van der Waals surface area contributed by atoms with Gasteiger partial charge in [0.25, 0.3) is 0 Å². The first-order valence-electron chi connectivity index (χ1n) is 9.39. The molecule has 0 aliphatic heterocycles.